The van der Waals surface area contributed by atoms with E-state index in [0.29, 0.717) is 0 Å². The molecule has 0 saturated carbocycles. The number of fused-ring (bicyclic) bond motifs is 2. The maximum atomic E-state index is 6.48. The Labute approximate surface area is 115 Å². The zero-order chi connectivity index (χ0) is 11.8. The average Bonchev–Trinajstić information content (AvgIpc) is 2.47. The molecule has 0 radical (unpaired) electrons. The standard InChI is InChI=1S/C14H10Cl2S/c15-11-5-3-7-14-10(11)8-12(16)9-4-1-2-6-13(9)17-14/h1-7,12H,8H2. The molecule has 2 aromatic carbocycles. The monoisotopic (exact) mass is 280 g/mol. The fourth-order valence-electron chi connectivity index (χ4n) is 2.07. The molecule has 0 aliphatic carbocycles. The topological polar surface area (TPSA) is 0 Å². The highest BCUT2D eigenvalue weighted by Crippen LogP contribution is 2.44. The van der Waals surface area contributed by atoms with Crippen LogP contribution in [0.2, 0.25) is 5.02 Å². The van der Waals surface area contributed by atoms with E-state index < -0.39 is 0 Å². The summed E-state index contributed by atoms with van der Waals surface area (Å²) in [5.74, 6) is 0. The summed E-state index contributed by atoms with van der Waals surface area (Å²) in [5, 5.41) is 0.813. The van der Waals surface area contributed by atoms with Crippen molar-refractivity contribution in [3.05, 3.63) is 58.6 Å². The second-order valence-corrected chi connectivity index (χ2v) is 6.05. The summed E-state index contributed by atoms with van der Waals surface area (Å²) in [6, 6.07) is 14.3. The molecule has 0 N–H and O–H groups in total. The smallest absolute Gasteiger partial charge is 0.0637 e. The third-order valence-electron chi connectivity index (χ3n) is 2.94. The minimum Gasteiger partial charge on any atom is -0.117 e. The Bertz CT molecular complexity index is 566. The van der Waals surface area contributed by atoms with E-state index in [-0.39, 0.29) is 5.38 Å². The lowest BCUT2D eigenvalue weighted by Crippen LogP contribution is -1.95. The van der Waals surface area contributed by atoms with Crippen LogP contribution in [0.3, 0.4) is 0 Å². The highest BCUT2D eigenvalue weighted by Gasteiger charge is 2.21. The fraction of sp³-hybridized carbons (Fsp3) is 0.143. The van der Waals surface area contributed by atoms with Gasteiger partial charge < -0.3 is 0 Å². The summed E-state index contributed by atoms with van der Waals surface area (Å²) in [7, 11) is 0. The van der Waals surface area contributed by atoms with Gasteiger partial charge in [0, 0.05) is 14.8 Å². The van der Waals surface area contributed by atoms with E-state index in [1.807, 2.05) is 24.3 Å². The first-order valence-corrected chi connectivity index (χ1v) is 7.07. The van der Waals surface area contributed by atoms with Gasteiger partial charge in [0.1, 0.15) is 0 Å². The normalized spacial score (nSPS) is 18.1. The van der Waals surface area contributed by atoms with Gasteiger partial charge in [-0.25, -0.2) is 0 Å². The van der Waals surface area contributed by atoms with E-state index >= 15 is 0 Å². The van der Waals surface area contributed by atoms with Gasteiger partial charge >= 0.3 is 0 Å². The molecule has 1 atom stereocenters. The predicted molar refractivity (Wildman–Crippen MR) is 74.3 cm³/mol. The molecule has 0 nitrogen and oxygen atoms in total. The quantitative estimate of drug-likeness (QED) is 0.588. The molecule has 3 rings (SSSR count). The molecule has 86 valence electrons. The molecular weight excluding hydrogens is 271 g/mol. The lowest BCUT2D eigenvalue weighted by Gasteiger charge is -2.09. The molecule has 3 heteroatoms. The summed E-state index contributed by atoms with van der Waals surface area (Å²) >= 11 is 14.5. The summed E-state index contributed by atoms with van der Waals surface area (Å²) < 4.78 is 0. The SMILES string of the molecule is Clc1cccc2c1CC(Cl)c1ccccc1S2. The molecule has 1 heterocycles. The van der Waals surface area contributed by atoms with Crippen LogP contribution in [0.4, 0.5) is 0 Å². The molecule has 0 amide bonds. The molecular formula is C14H10Cl2S. The fourth-order valence-corrected chi connectivity index (χ4v) is 3.96. The number of hydrogen-bond acceptors (Lipinski definition) is 1. The summed E-state index contributed by atoms with van der Waals surface area (Å²) in [6.07, 6.45) is 0.792. The first-order valence-electron chi connectivity index (χ1n) is 5.44. The molecule has 1 aliphatic rings. The highest BCUT2D eigenvalue weighted by atomic mass is 35.5. The van der Waals surface area contributed by atoms with E-state index in [1.165, 1.54) is 15.4 Å². The molecule has 0 aromatic heterocycles. The van der Waals surface area contributed by atoms with E-state index in [9.17, 15) is 0 Å². The highest BCUT2D eigenvalue weighted by molar-refractivity contribution is 7.99. The Morgan fingerprint density at radius 1 is 1.00 bits per heavy atom. The van der Waals surface area contributed by atoms with Crippen molar-refractivity contribution >= 4 is 35.0 Å². The van der Waals surface area contributed by atoms with Crippen molar-refractivity contribution in [3.63, 3.8) is 0 Å². The van der Waals surface area contributed by atoms with Crippen LogP contribution in [0, 0.1) is 0 Å². The van der Waals surface area contributed by atoms with Crippen LogP contribution in [0.5, 0.6) is 0 Å². The van der Waals surface area contributed by atoms with E-state index in [2.05, 4.69) is 18.2 Å². The van der Waals surface area contributed by atoms with Crippen LogP contribution in [-0.2, 0) is 6.42 Å². The van der Waals surface area contributed by atoms with Crippen LogP contribution in [0.25, 0.3) is 0 Å². The Morgan fingerprint density at radius 3 is 2.65 bits per heavy atom. The molecule has 0 spiro atoms. The van der Waals surface area contributed by atoms with Gasteiger partial charge in [0.05, 0.1) is 5.38 Å². The zero-order valence-electron chi connectivity index (χ0n) is 8.99. The largest absolute Gasteiger partial charge is 0.117 e. The average molecular weight is 281 g/mol. The van der Waals surface area contributed by atoms with Crippen LogP contribution >= 0.6 is 35.0 Å². The number of rotatable bonds is 0. The van der Waals surface area contributed by atoms with Gasteiger partial charge in [0.25, 0.3) is 0 Å². The summed E-state index contributed by atoms with van der Waals surface area (Å²) in [4.78, 5) is 2.45. The van der Waals surface area contributed by atoms with Crippen LogP contribution in [0.15, 0.2) is 52.3 Å². The first kappa shape index (κ1) is 11.5. The molecule has 17 heavy (non-hydrogen) atoms. The maximum absolute atomic E-state index is 6.48. The van der Waals surface area contributed by atoms with Crippen molar-refractivity contribution in [1.29, 1.82) is 0 Å². The van der Waals surface area contributed by atoms with Gasteiger partial charge in [-0.3, -0.25) is 0 Å². The maximum Gasteiger partial charge on any atom is 0.0637 e. The molecule has 0 bridgehead atoms. The number of benzene rings is 2. The summed E-state index contributed by atoms with van der Waals surface area (Å²) in [5.41, 5.74) is 2.36. The van der Waals surface area contributed by atoms with Gasteiger partial charge in [-0.2, -0.15) is 0 Å². The van der Waals surface area contributed by atoms with E-state index in [4.69, 9.17) is 23.2 Å². The minimum atomic E-state index is -0.000139. The molecule has 1 aliphatic heterocycles. The van der Waals surface area contributed by atoms with Crippen molar-refractivity contribution in [1.82, 2.24) is 0 Å². The predicted octanol–water partition coefficient (Wildman–Crippen LogP) is 5.33. The Kier molecular flexibility index (Phi) is 3.08. The van der Waals surface area contributed by atoms with Gasteiger partial charge in [-0.05, 0) is 35.7 Å². The van der Waals surface area contributed by atoms with E-state index in [0.717, 1.165) is 17.0 Å². The van der Waals surface area contributed by atoms with Crippen LogP contribution in [-0.4, -0.2) is 0 Å². The number of hydrogen-bond donors (Lipinski definition) is 0. The van der Waals surface area contributed by atoms with Crippen molar-refractivity contribution in [2.45, 2.75) is 21.6 Å². The Hall–Kier alpha value is -0.630. The van der Waals surface area contributed by atoms with Crippen LogP contribution < -0.4 is 0 Å². The van der Waals surface area contributed by atoms with Gasteiger partial charge in [0.15, 0.2) is 0 Å². The zero-order valence-corrected chi connectivity index (χ0v) is 11.3. The lowest BCUT2D eigenvalue weighted by atomic mass is 10.0. The van der Waals surface area contributed by atoms with Gasteiger partial charge in [-0.1, -0.05) is 47.6 Å². The second kappa shape index (κ2) is 4.56. The first-order chi connectivity index (χ1) is 8.25. The van der Waals surface area contributed by atoms with Crippen molar-refractivity contribution < 1.29 is 0 Å². The van der Waals surface area contributed by atoms with Gasteiger partial charge in [0.2, 0.25) is 0 Å². The van der Waals surface area contributed by atoms with Crippen molar-refractivity contribution in [3.8, 4) is 0 Å². The molecule has 0 saturated heterocycles. The third-order valence-corrected chi connectivity index (χ3v) is 4.87. The number of halogens is 2. The third kappa shape index (κ3) is 2.08. The van der Waals surface area contributed by atoms with Gasteiger partial charge in [-0.15, -0.1) is 11.6 Å². The summed E-state index contributed by atoms with van der Waals surface area (Å²) in [6.45, 7) is 0. The molecule has 1 unspecified atom stereocenters. The lowest BCUT2D eigenvalue weighted by molar-refractivity contribution is 0.891. The molecule has 0 fully saturated rings. The van der Waals surface area contributed by atoms with Crippen molar-refractivity contribution in [2.75, 3.05) is 0 Å². The Balaban J connectivity index is 2.17. The number of alkyl halides is 1. The second-order valence-electron chi connectivity index (χ2n) is 4.03. The molecule has 2 aromatic rings. The minimum absolute atomic E-state index is 0.000139. The van der Waals surface area contributed by atoms with Crippen LogP contribution in [0.1, 0.15) is 16.5 Å². The van der Waals surface area contributed by atoms with Crippen molar-refractivity contribution in [2.24, 2.45) is 0 Å². The van der Waals surface area contributed by atoms with E-state index in [1.54, 1.807) is 11.8 Å². The Morgan fingerprint density at radius 2 is 1.76 bits per heavy atom.